The standard InChI is InChI=1S/C22H18O/c23-22(19-9-5-2-6-10-19)21-15-20(21)18-13-11-17(12-14-18)16-7-3-1-4-8-16/h1-14,20-21H,15H2/t20-,21+/m1/s1. The molecule has 1 fully saturated rings. The van der Waals surface area contributed by atoms with Crippen LogP contribution in [0.2, 0.25) is 0 Å². The van der Waals surface area contributed by atoms with Gasteiger partial charge in [0.1, 0.15) is 0 Å². The maximum Gasteiger partial charge on any atom is 0.166 e. The third-order valence-corrected chi connectivity index (χ3v) is 4.63. The van der Waals surface area contributed by atoms with Gasteiger partial charge in [-0.1, -0.05) is 84.9 Å². The van der Waals surface area contributed by atoms with E-state index < -0.39 is 0 Å². The number of hydrogen-bond donors (Lipinski definition) is 0. The van der Waals surface area contributed by atoms with E-state index in [4.69, 9.17) is 0 Å². The first-order valence-corrected chi connectivity index (χ1v) is 8.07. The predicted octanol–water partition coefficient (Wildman–Crippen LogP) is 5.34. The van der Waals surface area contributed by atoms with E-state index in [-0.39, 0.29) is 11.7 Å². The van der Waals surface area contributed by atoms with Crippen LogP contribution in [0.25, 0.3) is 11.1 Å². The molecule has 2 atom stereocenters. The van der Waals surface area contributed by atoms with Crippen LogP contribution in [0.4, 0.5) is 0 Å². The Morgan fingerprint density at radius 1 is 0.696 bits per heavy atom. The summed E-state index contributed by atoms with van der Waals surface area (Å²) in [5, 5.41) is 0. The van der Waals surface area contributed by atoms with Gasteiger partial charge in [-0.25, -0.2) is 0 Å². The summed E-state index contributed by atoms with van der Waals surface area (Å²) in [5.74, 6) is 0.815. The second-order valence-electron chi connectivity index (χ2n) is 6.17. The molecular formula is C22H18O. The first kappa shape index (κ1) is 14.0. The molecule has 4 rings (SSSR count). The Morgan fingerprint density at radius 2 is 1.26 bits per heavy atom. The van der Waals surface area contributed by atoms with Gasteiger partial charge in [0.25, 0.3) is 0 Å². The zero-order chi connectivity index (χ0) is 15.6. The third kappa shape index (κ3) is 2.83. The summed E-state index contributed by atoms with van der Waals surface area (Å²) in [6, 6.07) is 28.7. The summed E-state index contributed by atoms with van der Waals surface area (Å²) in [6.45, 7) is 0. The molecule has 112 valence electrons. The zero-order valence-corrected chi connectivity index (χ0v) is 12.9. The number of Topliss-reactive ketones (excluding diaryl/α,β-unsaturated/α-hetero) is 1. The number of rotatable bonds is 4. The van der Waals surface area contributed by atoms with Crippen molar-refractivity contribution in [3.05, 3.63) is 96.1 Å². The number of hydrogen-bond acceptors (Lipinski definition) is 1. The van der Waals surface area contributed by atoms with Crippen LogP contribution in [0.5, 0.6) is 0 Å². The Labute approximate surface area is 136 Å². The molecule has 23 heavy (non-hydrogen) atoms. The minimum Gasteiger partial charge on any atom is -0.294 e. The molecule has 0 aliphatic heterocycles. The fourth-order valence-corrected chi connectivity index (χ4v) is 3.22. The molecule has 0 unspecified atom stereocenters. The molecule has 3 aromatic rings. The maximum absolute atomic E-state index is 12.5. The summed E-state index contributed by atoms with van der Waals surface area (Å²) in [5.41, 5.74) is 4.56. The van der Waals surface area contributed by atoms with Crippen LogP contribution in [0.3, 0.4) is 0 Å². The van der Waals surface area contributed by atoms with Gasteiger partial charge >= 0.3 is 0 Å². The Bertz CT molecular complexity index is 804. The molecule has 0 heterocycles. The van der Waals surface area contributed by atoms with Crippen molar-refractivity contribution in [2.75, 3.05) is 0 Å². The number of carbonyl (C=O) groups excluding carboxylic acids is 1. The van der Waals surface area contributed by atoms with Gasteiger partial charge in [0.15, 0.2) is 5.78 Å². The molecule has 0 aromatic heterocycles. The quantitative estimate of drug-likeness (QED) is 0.594. The van der Waals surface area contributed by atoms with Gasteiger partial charge in [0.05, 0.1) is 0 Å². The second-order valence-corrected chi connectivity index (χ2v) is 6.17. The molecule has 1 heteroatoms. The average molecular weight is 298 g/mol. The maximum atomic E-state index is 12.5. The summed E-state index contributed by atoms with van der Waals surface area (Å²) in [6.07, 6.45) is 0.971. The lowest BCUT2D eigenvalue weighted by Gasteiger charge is -2.04. The van der Waals surface area contributed by atoms with Gasteiger partial charge in [0, 0.05) is 11.5 Å². The van der Waals surface area contributed by atoms with Crippen molar-refractivity contribution in [3.63, 3.8) is 0 Å². The van der Waals surface area contributed by atoms with E-state index >= 15 is 0 Å². The molecule has 3 aromatic carbocycles. The normalized spacial score (nSPS) is 19.3. The van der Waals surface area contributed by atoms with Crippen LogP contribution in [-0.2, 0) is 0 Å². The molecule has 0 N–H and O–H groups in total. The zero-order valence-electron chi connectivity index (χ0n) is 12.9. The summed E-state index contributed by atoms with van der Waals surface area (Å²) in [4.78, 5) is 12.5. The first-order chi connectivity index (χ1) is 11.3. The highest BCUT2D eigenvalue weighted by atomic mass is 16.1. The van der Waals surface area contributed by atoms with E-state index in [1.54, 1.807) is 0 Å². The fourth-order valence-electron chi connectivity index (χ4n) is 3.22. The van der Waals surface area contributed by atoms with Crippen LogP contribution in [0, 0.1) is 5.92 Å². The van der Waals surface area contributed by atoms with Crippen molar-refractivity contribution in [2.45, 2.75) is 12.3 Å². The third-order valence-electron chi connectivity index (χ3n) is 4.63. The molecule has 0 amide bonds. The van der Waals surface area contributed by atoms with Gasteiger partial charge in [-0.3, -0.25) is 4.79 Å². The van der Waals surface area contributed by atoms with Crippen molar-refractivity contribution in [1.29, 1.82) is 0 Å². The van der Waals surface area contributed by atoms with E-state index in [0.29, 0.717) is 5.92 Å². The number of ketones is 1. The largest absolute Gasteiger partial charge is 0.294 e. The highest BCUT2D eigenvalue weighted by Gasteiger charge is 2.43. The van der Waals surface area contributed by atoms with Crippen molar-refractivity contribution < 1.29 is 4.79 Å². The highest BCUT2D eigenvalue weighted by molar-refractivity contribution is 6.00. The fraction of sp³-hybridized carbons (Fsp3) is 0.136. The SMILES string of the molecule is O=C(c1ccccc1)[C@H]1C[C@@H]1c1ccc(-c2ccccc2)cc1. The second kappa shape index (κ2) is 5.85. The molecule has 1 aliphatic rings. The van der Waals surface area contributed by atoms with Crippen molar-refractivity contribution >= 4 is 5.78 Å². The molecule has 0 bridgehead atoms. The lowest BCUT2D eigenvalue weighted by molar-refractivity contribution is 0.0965. The summed E-state index contributed by atoms with van der Waals surface area (Å²) < 4.78 is 0. The van der Waals surface area contributed by atoms with Gasteiger partial charge in [0.2, 0.25) is 0 Å². The molecule has 1 saturated carbocycles. The minimum absolute atomic E-state index is 0.153. The topological polar surface area (TPSA) is 17.1 Å². The van der Waals surface area contributed by atoms with E-state index in [9.17, 15) is 4.79 Å². The van der Waals surface area contributed by atoms with Gasteiger partial charge < -0.3 is 0 Å². The first-order valence-electron chi connectivity index (χ1n) is 8.07. The van der Waals surface area contributed by atoms with Crippen LogP contribution in [0.1, 0.15) is 28.3 Å². The van der Waals surface area contributed by atoms with E-state index in [1.807, 2.05) is 36.4 Å². The summed E-state index contributed by atoms with van der Waals surface area (Å²) in [7, 11) is 0. The average Bonchev–Trinajstić information content (AvgIpc) is 3.43. The van der Waals surface area contributed by atoms with Crippen LogP contribution in [-0.4, -0.2) is 5.78 Å². The van der Waals surface area contributed by atoms with Crippen molar-refractivity contribution in [3.8, 4) is 11.1 Å². The lowest BCUT2D eigenvalue weighted by Crippen LogP contribution is -2.02. The molecule has 1 nitrogen and oxygen atoms in total. The lowest BCUT2D eigenvalue weighted by atomic mass is 10.00. The molecular weight excluding hydrogens is 280 g/mol. The van der Waals surface area contributed by atoms with Gasteiger partial charge in [-0.05, 0) is 29.0 Å². The van der Waals surface area contributed by atoms with Gasteiger partial charge in [-0.2, -0.15) is 0 Å². The Hall–Kier alpha value is -2.67. The number of benzene rings is 3. The molecule has 0 saturated heterocycles. The van der Waals surface area contributed by atoms with E-state index in [0.717, 1.165) is 12.0 Å². The van der Waals surface area contributed by atoms with Gasteiger partial charge in [-0.15, -0.1) is 0 Å². The van der Waals surface area contributed by atoms with E-state index in [2.05, 4.69) is 48.5 Å². The van der Waals surface area contributed by atoms with Crippen LogP contribution >= 0.6 is 0 Å². The molecule has 0 radical (unpaired) electrons. The highest BCUT2D eigenvalue weighted by Crippen LogP contribution is 2.49. The predicted molar refractivity (Wildman–Crippen MR) is 93.5 cm³/mol. The minimum atomic E-state index is 0.153. The van der Waals surface area contributed by atoms with Crippen LogP contribution < -0.4 is 0 Å². The Kier molecular flexibility index (Phi) is 3.55. The van der Waals surface area contributed by atoms with Crippen molar-refractivity contribution in [1.82, 2.24) is 0 Å². The van der Waals surface area contributed by atoms with Crippen molar-refractivity contribution in [2.24, 2.45) is 5.92 Å². The van der Waals surface area contributed by atoms with Crippen LogP contribution in [0.15, 0.2) is 84.9 Å². The Balaban J connectivity index is 1.49. The number of carbonyl (C=O) groups is 1. The Morgan fingerprint density at radius 3 is 1.91 bits per heavy atom. The molecule has 0 spiro atoms. The summed E-state index contributed by atoms with van der Waals surface area (Å²) >= 11 is 0. The molecule has 1 aliphatic carbocycles. The van der Waals surface area contributed by atoms with E-state index in [1.165, 1.54) is 16.7 Å². The smallest absolute Gasteiger partial charge is 0.166 e. The monoisotopic (exact) mass is 298 g/mol.